The number of nitrogen functional groups attached to an aromatic ring is 1. The molecule has 1 aliphatic carbocycles. The molecule has 0 aliphatic heterocycles. The number of hydrazine groups is 1. The number of para-hydroxylation sites is 1. The fraction of sp³-hybridized carbons (Fsp3) is 0.500. The van der Waals surface area contributed by atoms with Gasteiger partial charge in [-0.1, -0.05) is 25.0 Å². The highest BCUT2D eigenvalue weighted by molar-refractivity contribution is 7.89. The van der Waals surface area contributed by atoms with Crippen molar-refractivity contribution in [3.8, 4) is 0 Å². The van der Waals surface area contributed by atoms with Gasteiger partial charge in [0.1, 0.15) is 4.90 Å². The maximum absolute atomic E-state index is 12.2. The zero-order valence-electron chi connectivity index (χ0n) is 10.2. The van der Waals surface area contributed by atoms with Gasteiger partial charge in [-0.05, 0) is 30.9 Å². The monoisotopic (exact) mass is 269 g/mol. The van der Waals surface area contributed by atoms with E-state index < -0.39 is 10.0 Å². The second-order valence-electron chi connectivity index (χ2n) is 4.64. The third-order valence-electron chi connectivity index (χ3n) is 3.37. The molecule has 1 aromatic rings. The number of hydrogen-bond acceptors (Lipinski definition) is 4. The van der Waals surface area contributed by atoms with Gasteiger partial charge in [0.2, 0.25) is 10.0 Å². The molecule has 0 radical (unpaired) electrons. The summed E-state index contributed by atoms with van der Waals surface area (Å²) < 4.78 is 27.0. The molecule has 1 saturated carbocycles. The van der Waals surface area contributed by atoms with Crippen LogP contribution in [0.25, 0.3) is 0 Å². The van der Waals surface area contributed by atoms with Gasteiger partial charge in [0.05, 0.1) is 5.69 Å². The summed E-state index contributed by atoms with van der Waals surface area (Å²) in [6.07, 6.45) is 4.62. The molecule has 18 heavy (non-hydrogen) atoms. The van der Waals surface area contributed by atoms with Gasteiger partial charge in [0.25, 0.3) is 0 Å². The highest BCUT2D eigenvalue weighted by Gasteiger charge is 2.21. The highest BCUT2D eigenvalue weighted by atomic mass is 32.2. The molecule has 0 heterocycles. The number of benzene rings is 1. The summed E-state index contributed by atoms with van der Waals surface area (Å²) in [4.78, 5) is 0.200. The first-order valence-corrected chi connectivity index (χ1v) is 7.67. The molecule has 0 aromatic heterocycles. The average Bonchev–Trinajstić information content (AvgIpc) is 2.89. The Balaban J connectivity index is 2.09. The number of nitrogens with two attached hydrogens (primary N) is 1. The van der Waals surface area contributed by atoms with Crippen molar-refractivity contribution in [3.63, 3.8) is 0 Å². The lowest BCUT2D eigenvalue weighted by Crippen LogP contribution is -2.29. The summed E-state index contributed by atoms with van der Waals surface area (Å²) in [6.45, 7) is 0.515. The summed E-state index contributed by atoms with van der Waals surface area (Å²) >= 11 is 0. The molecule has 0 saturated heterocycles. The van der Waals surface area contributed by atoms with E-state index in [4.69, 9.17) is 5.84 Å². The molecule has 0 bridgehead atoms. The molecular weight excluding hydrogens is 250 g/mol. The maximum Gasteiger partial charge on any atom is 0.242 e. The van der Waals surface area contributed by atoms with Gasteiger partial charge < -0.3 is 5.43 Å². The molecule has 0 atom stereocenters. The molecule has 0 spiro atoms. The number of hydrogen-bond donors (Lipinski definition) is 3. The van der Waals surface area contributed by atoms with E-state index in [1.54, 1.807) is 24.3 Å². The van der Waals surface area contributed by atoms with Gasteiger partial charge in [0.15, 0.2) is 0 Å². The molecule has 0 amide bonds. The van der Waals surface area contributed by atoms with Gasteiger partial charge in [0, 0.05) is 6.54 Å². The van der Waals surface area contributed by atoms with Crippen molar-refractivity contribution in [2.75, 3.05) is 12.0 Å². The minimum Gasteiger partial charge on any atom is -0.323 e. The third kappa shape index (κ3) is 3.01. The van der Waals surface area contributed by atoms with Crippen molar-refractivity contribution < 1.29 is 8.42 Å². The molecule has 2 rings (SSSR count). The first-order chi connectivity index (χ1) is 8.63. The van der Waals surface area contributed by atoms with Crippen LogP contribution >= 0.6 is 0 Å². The van der Waals surface area contributed by atoms with Gasteiger partial charge >= 0.3 is 0 Å². The van der Waals surface area contributed by atoms with E-state index in [1.165, 1.54) is 12.8 Å². The van der Waals surface area contributed by atoms with E-state index in [9.17, 15) is 8.42 Å². The standard InChI is InChI=1S/C12H19N3O2S/c13-15-11-7-3-4-8-12(11)18(16,17)14-9-10-5-1-2-6-10/h3-4,7-8,10,14-15H,1-2,5-6,9,13H2. The molecular formula is C12H19N3O2S. The fourth-order valence-electron chi connectivity index (χ4n) is 2.34. The number of sulfonamides is 1. The second kappa shape index (κ2) is 5.69. The Morgan fingerprint density at radius 1 is 1.22 bits per heavy atom. The molecule has 0 unspecified atom stereocenters. The largest absolute Gasteiger partial charge is 0.323 e. The summed E-state index contributed by atoms with van der Waals surface area (Å²) in [5.74, 6) is 5.79. The molecule has 1 aromatic carbocycles. The first kappa shape index (κ1) is 13.3. The fourth-order valence-corrected chi connectivity index (χ4v) is 3.62. The van der Waals surface area contributed by atoms with Crippen LogP contribution in [0.3, 0.4) is 0 Å². The highest BCUT2D eigenvalue weighted by Crippen LogP contribution is 2.25. The molecule has 6 heteroatoms. The van der Waals surface area contributed by atoms with Crippen molar-refractivity contribution in [1.29, 1.82) is 0 Å². The van der Waals surface area contributed by atoms with Gasteiger partial charge in [-0.2, -0.15) is 0 Å². The van der Waals surface area contributed by atoms with Crippen molar-refractivity contribution in [3.05, 3.63) is 24.3 Å². The van der Waals surface area contributed by atoms with E-state index in [2.05, 4.69) is 10.1 Å². The van der Waals surface area contributed by atoms with Crippen LogP contribution < -0.4 is 16.0 Å². The predicted octanol–water partition coefficient (Wildman–Crippen LogP) is 1.44. The number of nitrogens with one attached hydrogen (secondary N) is 2. The van der Waals surface area contributed by atoms with Gasteiger partial charge in [-0.15, -0.1) is 0 Å². The molecule has 5 nitrogen and oxygen atoms in total. The second-order valence-corrected chi connectivity index (χ2v) is 6.38. The lowest BCUT2D eigenvalue weighted by molar-refractivity contribution is 0.520. The SMILES string of the molecule is NNc1ccccc1S(=O)(=O)NCC1CCCC1. The maximum atomic E-state index is 12.2. The minimum absolute atomic E-state index is 0.200. The van der Waals surface area contributed by atoms with Crippen molar-refractivity contribution in [2.24, 2.45) is 11.8 Å². The van der Waals surface area contributed by atoms with Crippen LogP contribution in [0.5, 0.6) is 0 Å². The Hall–Kier alpha value is -1.11. The van der Waals surface area contributed by atoms with E-state index in [0.29, 0.717) is 18.2 Å². The van der Waals surface area contributed by atoms with E-state index in [0.717, 1.165) is 12.8 Å². The van der Waals surface area contributed by atoms with E-state index in [-0.39, 0.29) is 4.90 Å². The van der Waals surface area contributed by atoms with Crippen molar-refractivity contribution in [1.82, 2.24) is 4.72 Å². The van der Waals surface area contributed by atoms with E-state index in [1.807, 2.05) is 0 Å². The van der Waals surface area contributed by atoms with E-state index >= 15 is 0 Å². The topological polar surface area (TPSA) is 84.2 Å². The quantitative estimate of drug-likeness (QED) is 0.558. The summed E-state index contributed by atoms with van der Waals surface area (Å²) in [5, 5.41) is 0. The van der Waals surface area contributed by atoms with Crippen molar-refractivity contribution in [2.45, 2.75) is 30.6 Å². The lowest BCUT2D eigenvalue weighted by Gasteiger charge is -2.13. The summed E-state index contributed by atoms with van der Waals surface area (Å²) in [7, 11) is -3.48. The zero-order chi connectivity index (χ0) is 13.0. The van der Waals surface area contributed by atoms with Crippen LogP contribution in [0.15, 0.2) is 29.2 Å². The Morgan fingerprint density at radius 2 is 1.89 bits per heavy atom. The Morgan fingerprint density at radius 3 is 2.56 bits per heavy atom. The zero-order valence-corrected chi connectivity index (χ0v) is 11.0. The van der Waals surface area contributed by atoms with Crippen LogP contribution in [0.4, 0.5) is 5.69 Å². The molecule has 100 valence electrons. The Bertz CT molecular complexity index is 496. The van der Waals surface area contributed by atoms with Crippen LogP contribution in [0.2, 0.25) is 0 Å². The van der Waals surface area contributed by atoms with Crippen molar-refractivity contribution >= 4 is 15.7 Å². The Labute approximate surface area is 108 Å². The third-order valence-corrected chi connectivity index (χ3v) is 4.85. The smallest absolute Gasteiger partial charge is 0.242 e. The van der Waals surface area contributed by atoms with Crippen LogP contribution in [-0.2, 0) is 10.0 Å². The molecule has 4 N–H and O–H groups in total. The first-order valence-electron chi connectivity index (χ1n) is 6.19. The number of rotatable bonds is 5. The minimum atomic E-state index is -3.48. The predicted molar refractivity (Wildman–Crippen MR) is 71.4 cm³/mol. The van der Waals surface area contributed by atoms with Gasteiger partial charge in [-0.25, -0.2) is 13.1 Å². The molecule has 1 fully saturated rings. The lowest BCUT2D eigenvalue weighted by atomic mass is 10.1. The van der Waals surface area contributed by atoms with Crippen LogP contribution in [0.1, 0.15) is 25.7 Å². The number of anilines is 1. The summed E-state index contributed by atoms with van der Waals surface area (Å²) in [6, 6.07) is 6.62. The summed E-state index contributed by atoms with van der Waals surface area (Å²) in [5.41, 5.74) is 2.82. The normalized spacial score (nSPS) is 16.9. The Kier molecular flexibility index (Phi) is 4.21. The molecule has 1 aliphatic rings. The van der Waals surface area contributed by atoms with Crippen LogP contribution in [0, 0.1) is 5.92 Å². The van der Waals surface area contributed by atoms with Crippen LogP contribution in [-0.4, -0.2) is 15.0 Å². The average molecular weight is 269 g/mol. The van der Waals surface area contributed by atoms with Gasteiger partial charge in [-0.3, -0.25) is 5.84 Å².